The number of hydrogen-bond acceptors (Lipinski definition) is 4. The van der Waals surface area contributed by atoms with E-state index in [1.165, 1.54) is 16.7 Å². The molecule has 0 saturated carbocycles. The molecule has 0 saturated heterocycles. The monoisotopic (exact) mass is 606 g/mol. The smallest absolute Gasteiger partial charge is 0.181 e. The average molecular weight is 607 g/mol. The Balaban J connectivity index is 1.21. The van der Waals surface area contributed by atoms with E-state index in [1.54, 1.807) is 0 Å². The summed E-state index contributed by atoms with van der Waals surface area (Å²) in [5, 5.41) is 0. The zero-order chi connectivity index (χ0) is 31.5. The lowest BCUT2D eigenvalue weighted by Gasteiger charge is -2.26. The van der Waals surface area contributed by atoms with Crippen molar-refractivity contribution in [3.63, 3.8) is 0 Å². The Hall–Kier alpha value is -6.00. The van der Waals surface area contributed by atoms with Crippen LogP contribution >= 0.6 is 0 Å². The van der Waals surface area contributed by atoms with E-state index in [-0.39, 0.29) is 5.41 Å². The molecule has 2 heterocycles. The summed E-state index contributed by atoms with van der Waals surface area (Å²) in [5.74, 6) is 3.27. The summed E-state index contributed by atoms with van der Waals surface area (Å²) in [7, 11) is 0. The predicted octanol–water partition coefficient (Wildman–Crippen LogP) is 11.3. The Kier molecular flexibility index (Phi) is 6.12. The molecule has 0 unspecified atom stereocenters. The highest BCUT2D eigenvalue weighted by Gasteiger charge is 2.40. The van der Waals surface area contributed by atoms with Gasteiger partial charge in [0.15, 0.2) is 28.8 Å². The minimum atomic E-state index is -0.152. The van der Waals surface area contributed by atoms with E-state index in [1.807, 2.05) is 48.5 Å². The summed E-state index contributed by atoms with van der Waals surface area (Å²) < 4.78 is 13.5. The van der Waals surface area contributed by atoms with Gasteiger partial charge in [0.1, 0.15) is 0 Å². The number of fused-ring (bicyclic) bond motifs is 6. The van der Waals surface area contributed by atoms with Crippen molar-refractivity contribution in [1.82, 2.24) is 9.97 Å². The van der Waals surface area contributed by atoms with Crippen molar-refractivity contribution in [2.75, 3.05) is 0 Å². The van der Waals surface area contributed by atoms with E-state index in [2.05, 4.69) is 111 Å². The number of benzene rings is 6. The second kappa shape index (κ2) is 10.5. The fourth-order valence-corrected chi connectivity index (χ4v) is 6.98. The van der Waals surface area contributed by atoms with Gasteiger partial charge in [0.2, 0.25) is 0 Å². The number of rotatable bonds is 4. The lowest BCUT2D eigenvalue weighted by Crippen LogP contribution is -2.15. The Morgan fingerprint density at radius 3 is 1.87 bits per heavy atom. The molecule has 2 aliphatic rings. The molecular formula is C43H30N2O2. The third kappa shape index (κ3) is 4.44. The van der Waals surface area contributed by atoms with Gasteiger partial charge in [-0.1, -0.05) is 129 Å². The first-order valence-corrected chi connectivity index (χ1v) is 15.9. The second-order valence-electron chi connectivity index (χ2n) is 12.6. The molecule has 4 nitrogen and oxygen atoms in total. The van der Waals surface area contributed by atoms with Crippen molar-refractivity contribution < 1.29 is 9.47 Å². The number of ether oxygens (including phenoxy) is 2. The third-order valence-electron chi connectivity index (χ3n) is 9.37. The standard InChI is InChI=1S/C43H30N2O2/c1-43(2)33-21-10-9-19-31(33)39-34(43)23-24-38-41(39)47-40-32(20-12-22-37(40)46-38)42-44-35(28-15-7-4-8-16-28)26-36(45-42)30-18-11-17-29(25-30)27-13-5-3-6-14-27/h3-26H,1-2H3. The fourth-order valence-electron chi connectivity index (χ4n) is 6.98. The number of nitrogens with zero attached hydrogens (tertiary/aromatic N) is 2. The van der Waals surface area contributed by atoms with Gasteiger partial charge < -0.3 is 9.47 Å². The Labute approximate surface area is 274 Å². The molecule has 1 aliphatic carbocycles. The molecular weight excluding hydrogens is 576 g/mol. The first-order chi connectivity index (χ1) is 23.0. The molecule has 6 aromatic carbocycles. The third-order valence-corrected chi connectivity index (χ3v) is 9.37. The van der Waals surface area contributed by atoms with E-state index in [0.29, 0.717) is 23.1 Å². The lowest BCUT2D eigenvalue weighted by atomic mass is 9.82. The van der Waals surface area contributed by atoms with Crippen molar-refractivity contribution in [3.8, 4) is 79.2 Å². The van der Waals surface area contributed by atoms with E-state index in [0.717, 1.165) is 50.5 Å². The SMILES string of the molecule is CC1(C)c2ccccc2-c2c1ccc1c2Oc2c(cccc2-c2nc(-c3ccccc3)cc(-c3cccc(-c4ccccc4)c3)n2)O1. The Morgan fingerprint density at radius 1 is 0.447 bits per heavy atom. The first kappa shape index (κ1) is 27.3. The van der Waals surface area contributed by atoms with Crippen molar-refractivity contribution in [1.29, 1.82) is 0 Å². The van der Waals surface area contributed by atoms with Crippen LogP contribution in [0.4, 0.5) is 0 Å². The maximum Gasteiger partial charge on any atom is 0.181 e. The molecule has 0 spiro atoms. The maximum absolute atomic E-state index is 6.92. The van der Waals surface area contributed by atoms with Gasteiger partial charge in [-0.15, -0.1) is 0 Å². The molecule has 0 N–H and O–H groups in total. The van der Waals surface area contributed by atoms with Crippen LogP contribution in [0.15, 0.2) is 146 Å². The van der Waals surface area contributed by atoms with Gasteiger partial charge in [-0.2, -0.15) is 0 Å². The molecule has 47 heavy (non-hydrogen) atoms. The Morgan fingerprint density at radius 2 is 1.06 bits per heavy atom. The minimum absolute atomic E-state index is 0.152. The average Bonchev–Trinajstić information content (AvgIpc) is 3.37. The van der Waals surface area contributed by atoms with Gasteiger partial charge in [0.05, 0.1) is 17.0 Å². The first-order valence-electron chi connectivity index (χ1n) is 15.9. The van der Waals surface area contributed by atoms with Crippen LogP contribution in [0.1, 0.15) is 25.0 Å². The van der Waals surface area contributed by atoms with Gasteiger partial charge >= 0.3 is 0 Å². The highest BCUT2D eigenvalue weighted by Crippen LogP contribution is 2.59. The van der Waals surface area contributed by atoms with Crippen LogP contribution < -0.4 is 9.47 Å². The van der Waals surface area contributed by atoms with Crippen LogP contribution in [0.5, 0.6) is 23.0 Å². The molecule has 1 aromatic heterocycles. The molecule has 0 fully saturated rings. The van der Waals surface area contributed by atoms with Crippen LogP contribution in [-0.4, -0.2) is 9.97 Å². The molecule has 4 heteroatoms. The quantitative estimate of drug-likeness (QED) is 0.200. The van der Waals surface area contributed by atoms with Crippen LogP contribution in [0.25, 0.3) is 56.2 Å². The zero-order valence-electron chi connectivity index (χ0n) is 26.1. The summed E-state index contributed by atoms with van der Waals surface area (Å²) >= 11 is 0. The molecule has 224 valence electrons. The van der Waals surface area contributed by atoms with Crippen LogP contribution in [0, 0.1) is 0 Å². The van der Waals surface area contributed by atoms with E-state index in [9.17, 15) is 0 Å². The largest absolute Gasteiger partial charge is 0.449 e. The van der Waals surface area contributed by atoms with Crippen molar-refractivity contribution in [2.24, 2.45) is 0 Å². The topological polar surface area (TPSA) is 44.2 Å². The van der Waals surface area contributed by atoms with E-state index < -0.39 is 0 Å². The number of hydrogen-bond donors (Lipinski definition) is 0. The molecule has 7 aromatic rings. The molecule has 9 rings (SSSR count). The second-order valence-corrected chi connectivity index (χ2v) is 12.6. The summed E-state index contributed by atoms with van der Waals surface area (Å²) in [4.78, 5) is 10.3. The highest BCUT2D eigenvalue weighted by atomic mass is 16.6. The fraction of sp³-hybridized carbons (Fsp3) is 0.0698. The number of aromatic nitrogens is 2. The summed E-state index contributed by atoms with van der Waals surface area (Å²) in [6.45, 7) is 4.54. The van der Waals surface area contributed by atoms with Gasteiger partial charge in [0.25, 0.3) is 0 Å². The van der Waals surface area contributed by atoms with Crippen molar-refractivity contribution in [2.45, 2.75) is 19.3 Å². The highest BCUT2D eigenvalue weighted by molar-refractivity contribution is 5.89. The van der Waals surface area contributed by atoms with Crippen LogP contribution in [-0.2, 0) is 5.41 Å². The molecule has 0 bridgehead atoms. The zero-order valence-corrected chi connectivity index (χ0v) is 26.1. The van der Waals surface area contributed by atoms with Crippen LogP contribution in [0.2, 0.25) is 0 Å². The van der Waals surface area contributed by atoms with Crippen molar-refractivity contribution in [3.05, 3.63) is 157 Å². The van der Waals surface area contributed by atoms with Gasteiger partial charge in [-0.3, -0.25) is 0 Å². The minimum Gasteiger partial charge on any atom is -0.449 e. The van der Waals surface area contributed by atoms with E-state index >= 15 is 0 Å². The lowest BCUT2D eigenvalue weighted by molar-refractivity contribution is 0.361. The van der Waals surface area contributed by atoms with Crippen molar-refractivity contribution >= 4 is 0 Å². The van der Waals surface area contributed by atoms with Crippen LogP contribution in [0.3, 0.4) is 0 Å². The normalized spacial score (nSPS) is 13.4. The summed E-state index contributed by atoms with van der Waals surface area (Å²) in [5.41, 5.74) is 11.4. The van der Waals surface area contributed by atoms with Gasteiger partial charge in [0, 0.05) is 22.1 Å². The van der Waals surface area contributed by atoms with Gasteiger partial charge in [-0.05, 0) is 58.1 Å². The summed E-state index contributed by atoms with van der Waals surface area (Å²) in [6, 6.07) is 49.9. The number of para-hydroxylation sites is 1. The molecule has 0 amide bonds. The van der Waals surface area contributed by atoms with Gasteiger partial charge in [-0.25, -0.2) is 9.97 Å². The van der Waals surface area contributed by atoms with E-state index in [4.69, 9.17) is 19.4 Å². The molecule has 1 aliphatic heterocycles. The Bertz CT molecular complexity index is 2330. The molecule has 0 atom stereocenters. The maximum atomic E-state index is 6.92. The summed E-state index contributed by atoms with van der Waals surface area (Å²) in [6.07, 6.45) is 0. The molecule has 0 radical (unpaired) electrons. The predicted molar refractivity (Wildman–Crippen MR) is 188 cm³/mol.